The fourth-order valence-corrected chi connectivity index (χ4v) is 4.08. The van der Waals surface area contributed by atoms with E-state index in [2.05, 4.69) is 16.0 Å². The minimum atomic E-state index is -4.49. The molecule has 0 aromatic heterocycles. The average Bonchev–Trinajstić information content (AvgIpc) is 2.78. The van der Waals surface area contributed by atoms with E-state index in [0.717, 1.165) is 18.6 Å². The third-order valence-corrected chi connectivity index (χ3v) is 5.81. The molecule has 2 aromatic carbocycles. The van der Waals surface area contributed by atoms with E-state index < -0.39 is 17.6 Å². The fraction of sp³-hybridized carbons (Fsp3) is 0.375. The third-order valence-electron chi connectivity index (χ3n) is 5.61. The van der Waals surface area contributed by atoms with Crippen LogP contribution < -0.4 is 16.0 Å². The number of carbonyl (C=O) groups is 2. The molecule has 1 aliphatic carbocycles. The van der Waals surface area contributed by atoms with E-state index in [9.17, 15) is 22.8 Å². The number of nitrogens with one attached hydrogen (secondary N) is 3. The Morgan fingerprint density at radius 3 is 2.30 bits per heavy atom. The largest absolute Gasteiger partial charge is 0.416 e. The molecular weight excluding hydrogens is 451 g/mol. The van der Waals surface area contributed by atoms with Gasteiger partial charge in [0.1, 0.15) is 0 Å². The maximum atomic E-state index is 12.8. The molecule has 33 heavy (non-hydrogen) atoms. The van der Waals surface area contributed by atoms with Crippen LogP contribution in [0, 0.1) is 5.92 Å². The molecule has 0 radical (unpaired) electrons. The van der Waals surface area contributed by atoms with Crippen molar-refractivity contribution in [1.82, 2.24) is 5.32 Å². The highest BCUT2D eigenvalue weighted by Crippen LogP contribution is 2.31. The zero-order chi connectivity index (χ0) is 23.8. The van der Waals surface area contributed by atoms with Crippen molar-refractivity contribution in [3.63, 3.8) is 0 Å². The van der Waals surface area contributed by atoms with Crippen molar-refractivity contribution in [2.45, 2.75) is 51.1 Å². The Morgan fingerprint density at radius 1 is 0.939 bits per heavy atom. The van der Waals surface area contributed by atoms with Gasteiger partial charge in [-0.1, -0.05) is 38.2 Å². The van der Waals surface area contributed by atoms with Gasteiger partial charge in [0.2, 0.25) is 5.91 Å². The van der Waals surface area contributed by atoms with Crippen LogP contribution in [-0.2, 0) is 11.0 Å². The van der Waals surface area contributed by atoms with E-state index in [-0.39, 0.29) is 22.3 Å². The van der Waals surface area contributed by atoms with Gasteiger partial charge in [0.15, 0.2) is 5.11 Å². The molecule has 0 atom stereocenters. The molecule has 1 fully saturated rings. The van der Waals surface area contributed by atoms with Crippen LogP contribution in [0.1, 0.15) is 60.9 Å². The molecule has 1 aliphatic rings. The van der Waals surface area contributed by atoms with Gasteiger partial charge in [-0.15, -0.1) is 0 Å². The Bertz CT molecular complexity index is 987. The number of rotatable bonds is 6. The van der Waals surface area contributed by atoms with E-state index in [1.165, 1.54) is 56.4 Å². The number of thiocarbonyl (C=S) groups is 1. The summed E-state index contributed by atoms with van der Waals surface area (Å²) >= 11 is 5.18. The van der Waals surface area contributed by atoms with Gasteiger partial charge in [-0.25, -0.2) is 0 Å². The van der Waals surface area contributed by atoms with Crippen molar-refractivity contribution in [2.75, 3.05) is 10.6 Å². The van der Waals surface area contributed by atoms with Crippen molar-refractivity contribution >= 4 is 40.5 Å². The van der Waals surface area contributed by atoms with E-state index in [1.54, 1.807) is 12.1 Å². The number of amides is 2. The predicted octanol–water partition coefficient (Wildman–Crippen LogP) is 6.13. The van der Waals surface area contributed by atoms with Gasteiger partial charge in [-0.05, 0) is 67.0 Å². The summed E-state index contributed by atoms with van der Waals surface area (Å²) in [6, 6.07) is 10.7. The van der Waals surface area contributed by atoms with Crippen LogP contribution in [0.15, 0.2) is 48.5 Å². The Hall–Kier alpha value is -2.94. The standard InChI is InChI=1S/C24H26F3N3O2S/c25-24(26,27)18-7-4-8-20(15-18)28-22(32)17-10-12-19(13-11-17)29-23(33)30-21(31)14-9-16-5-2-1-3-6-16/h4,7-8,10-13,15-16H,1-3,5-6,9,14H2,(H,28,32)(H2,29,30,31,33). The quantitative estimate of drug-likeness (QED) is 0.438. The molecule has 2 aromatic rings. The van der Waals surface area contributed by atoms with E-state index in [0.29, 0.717) is 18.0 Å². The van der Waals surface area contributed by atoms with Crippen LogP contribution in [0.25, 0.3) is 0 Å². The maximum absolute atomic E-state index is 12.8. The summed E-state index contributed by atoms with van der Waals surface area (Å²) in [5, 5.41) is 8.19. The molecule has 0 bridgehead atoms. The first-order valence-corrected chi connectivity index (χ1v) is 11.3. The number of alkyl halides is 3. The summed E-state index contributed by atoms with van der Waals surface area (Å²) in [5.74, 6) is -0.0599. The van der Waals surface area contributed by atoms with Crippen molar-refractivity contribution < 1.29 is 22.8 Å². The number of halogens is 3. The number of hydrogen-bond acceptors (Lipinski definition) is 3. The highest BCUT2D eigenvalue weighted by molar-refractivity contribution is 7.80. The second-order valence-corrected chi connectivity index (χ2v) is 8.56. The molecule has 176 valence electrons. The maximum Gasteiger partial charge on any atom is 0.416 e. The van der Waals surface area contributed by atoms with E-state index >= 15 is 0 Å². The minimum Gasteiger partial charge on any atom is -0.332 e. The molecule has 1 saturated carbocycles. The minimum absolute atomic E-state index is 0.0501. The smallest absolute Gasteiger partial charge is 0.332 e. The first-order valence-electron chi connectivity index (χ1n) is 10.9. The Labute approximate surface area is 196 Å². The second kappa shape index (κ2) is 11.3. The van der Waals surface area contributed by atoms with Gasteiger partial charge in [0.25, 0.3) is 5.91 Å². The Balaban J connectivity index is 1.47. The number of anilines is 2. The van der Waals surface area contributed by atoms with Crippen molar-refractivity contribution in [2.24, 2.45) is 5.92 Å². The summed E-state index contributed by atoms with van der Waals surface area (Å²) in [4.78, 5) is 24.5. The van der Waals surface area contributed by atoms with Gasteiger partial charge in [-0.3, -0.25) is 9.59 Å². The first-order chi connectivity index (χ1) is 15.7. The highest BCUT2D eigenvalue weighted by atomic mass is 32.1. The Morgan fingerprint density at radius 2 is 1.64 bits per heavy atom. The molecule has 0 saturated heterocycles. The zero-order valence-corrected chi connectivity index (χ0v) is 18.8. The summed E-state index contributed by atoms with van der Waals surface area (Å²) in [7, 11) is 0. The predicted molar refractivity (Wildman–Crippen MR) is 126 cm³/mol. The van der Waals surface area contributed by atoms with E-state index in [1.807, 2.05) is 0 Å². The second-order valence-electron chi connectivity index (χ2n) is 8.16. The van der Waals surface area contributed by atoms with Crippen molar-refractivity contribution in [3.05, 3.63) is 59.7 Å². The monoisotopic (exact) mass is 477 g/mol. The summed E-state index contributed by atoms with van der Waals surface area (Å²) in [6.07, 6.45) is 2.93. The van der Waals surface area contributed by atoms with Gasteiger partial charge in [0.05, 0.1) is 5.56 Å². The lowest BCUT2D eigenvalue weighted by Gasteiger charge is -2.21. The lowest BCUT2D eigenvalue weighted by molar-refractivity contribution is -0.137. The molecule has 9 heteroatoms. The lowest BCUT2D eigenvalue weighted by atomic mass is 9.86. The fourth-order valence-electron chi connectivity index (χ4n) is 3.84. The third kappa shape index (κ3) is 7.85. The van der Waals surface area contributed by atoms with E-state index in [4.69, 9.17) is 12.2 Å². The van der Waals surface area contributed by atoms with Gasteiger partial charge >= 0.3 is 6.18 Å². The molecule has 3 N–H and O–H groups in total. The van der Waals surface area contributed by atoms with Crippen LogP contribution in [0.4, 0.5) is 24.5 Å². The number of benzene rings is 2. The molecule has 2 amide bonds. The molecule has 5 nitrogen and oxygen atoms in total. The molecule has 0 heterocycles. The SMILES string of the molecule is O=C(CCC1CCCCC1)NC(=S)Nc1ccc(C(=O)Nc2cccc(C(F)(F)F)c2)cc1. The highest BCUT2D eigenvalue weighted by Gasteiger charge is 2.30. The molecule has 0 spiro atoms. The van der Waals surface area contributed by atoms with Crippen LogP contribution in [0.5, 0.6) is 0 Å². The Kier molecular flexibility index (Phi) is 8.43. The lowest BCUT2D eigenvalue weighted by Crippen LogP contribution is -2.34. The van der Waals surface area contributed by atoms with Crippen LogP contribution in [-0.4, -0.2) is 16.9 Å². The molecule has 0 aliphatic heterocycles. The van der Waals surface area contributed by atoms with Crippen LogP contribution in [0.3, 0.4) is 0 Å². The molecule has 3 rings (SSSR count). The normalized spacial score (nSPS) is 14.4. The summed E-state index contributed by atoms with van der Waals surface area (Å²) in [5.41, 5.74) is 0.0480. The topological polar surface area (TPSA) is 70.2 Å². The summed E-state index contributed by atoms with van der Waals surface area (Å²) < 4.78 is 38.5. The first kappa shape index (κ1) is 24.7. The van der Waals surface area contributed by atoms with Gasteiger partial charge < -0.3 is 16.0 Å². The molecular formula is C24H26F3N3O2S. The van der Waals surface area contributed by atoms with Crippen LogP contribution >= 0.6 is 12.2 Å². The van der Waals surface area contributed by atoms with Gasteiger partial charge in [0, 0.05) is 23.4 Å². The van der Waals surface area contributed by atoms with Gasteiger partial charge in [-0.2, -0.15) is 13.2 Å². The van der Waals surface area contributed by atoms with Crippen molar-refractivity contribution in [1.29, 1.82) is 0 Å². The average molecular weight is 478 g/mol. The van der Waals surface area contributed by atoms with Crippen molar-refractivity contribution in [3.8, 4) is 0 Å². The van der Waals surface area contributed by atoms with Crippen LogP contribution in [0.2, 0.25) is 0 Å². The number of carbonyl (C=O) groups excluding carboxylic acids is 2. The summed E-state index contributed by atoms with van der Waals surface area (Å²) in [6.45, 7) is 0. The number of hydrogen-bond donors (Lipinski definition) is 3. The zero-order valence-electron chi connectivity index (χ0n) is 18.0. The molecule has 0 unspecified atom stereocenters.